The van der Waals surface area contributed by atoms with E-state index in [4.69, 9.17) is 0 Å². The predicted molar refractivity (Wildman–Crippen MR) is 129 cm³/mol. The summed E-state index contributed by atoms with van der Waals surface area (Å²) < 4.78 is 0. The molecule has 0 radical (unpaired) electrons. The fourth-order valence-electron chi connectivity index (χ4n) is 5.14. The number of carbonyl (C=O) groups is 2. The van der Waals surface area contributed by atoms with Crippen molar-refractivity contribution >= 4 is 17.8 Å². The highest BCUT2D eigenvalue weighted by Gasteiger charge is 2.35. The first-order valence-electron chi connectivity index (χ1n) is 12.3. The topological polar surface area (TPSA) is 104 Å². The Morgan fingerprint density at radius 3 is 2.35 bits per heavy atom. The first kappa shape index (κ1) is 24.0. The van der Waals surface area contributed by atoms with Crippen LogP contribution in [-0.4, -0.2) is 73.8 Å². The zero-order chi connectivity index (χ0) is 24.1. The minimum Gasteiger partial charge on any atom is -0.354 e. The number of nitrogens with one attached hydrogen (secondary N) is 1. The lowest BCUT2D eigenvalue weighted by Gasteiger charge is -2.43. The molecular formula is C25H35N7O2. The Morgan fingerprint density at radius 2 is 1.68 bits per heavy atom. The van der Waals surface area contributed by atoms with Crippen LogP contribution in [0.1, 0.15) is 66.1 Å². The second kappa shape index (κ2) is 10.9. The molecular weight excluding hydrogens is 430 g/mol. The molecule has 0 bridgehead atoms. The van der Waals surface area contributed by atoms with Crippen molar-refractivity contribution in [3.05, 3.63) is 41.2 Å². The SMILES string of the molecule is Cc1cnc(C(=O)N2CCC([C@H]3CCCCN3C(=O)CCNc3nc(C)cc(C)n3)CC2)cn1. The summed E-state index contributed by atoms with van der Waals surface area (Å²) in [6.45, 7) is 8.48. The third-order valence-corrected chi connectivity index (χ3v) is 6.84. The van der Waals surface area contributed by atoms with Gasteiger partial charge in [-0.25, -0.2) is 15.0 Å². The molecule has 2 aliphatic heterocycles. The number of aryl methyl sites for hydroxylation is 3. The monoisotopic (exact) mass is 465 g/mol. The molecule has 0 unspecified atom stereocenters. The zero-order valence-corrected chi connectivity index (χ0v) is 20.5. The van der Waals surface area contributed by atoms with Crippen molar-refractivity contribution in [1.29, 1.82) is 0 Å². The number of likely N-dealkylation sites (tertiary alicyclic amines) is 2. The highest BCUT2D eigenvalue weighted by atomic mass is 16.2. The number of anilines is 1. The molecule has 4 heterocycles. The van der Waals surface area contributed by atoms with Crippen LogP contribution in [-0.2, 0) is 4.79 Å². The van der Waals surface area contributed by atoms with Gasteiger partial charge in [-0.05, 0) is 64.9 Å². The molecule has 4 rings (SSSR count). The van der Waals surface area contributed by atoms with Gasteiger partial charge in [-0.2, -0.15) is 0 Å². The average Bonchev–Trinajstić information content (AvgIpc) is 2.83. The highest BCUT2D eigenvalue weighted by Crippen LogP contribution is 2.31. The lowest BCUT2D eigenvalue weighted by molar-refractivity contribution is -0.136. The first-order chi connectivity index (χ1) is 16.4. The van der Waals surface area contributed by atoms with E-state index < -0.39 is 0 Å². The van der Waals surface area contributed by atoms with E-state index >= 15 is 0 Å². The van der Waals surface area contributed by atoms with Gasteiger partial charge >= 0.3 is 0 Å². The molecule has 1 N–H and O–H groups in total. The molecule has 2 saturated heterocycles. The molecule has 0 aromatic carbocycles. The summed E-state index contributed by atoms with van der Waals surface area (Å²) in [6, 6.07) is 2.19. The molecule has 9 nitrogen and oxygen atoms in total. The van der Waals surface area contributed by atoms with Crippen molar-refractivity contribution in [3.63, 3.8) is 0 Å². The van der Waals surface area contributed by atoms with Gasteiger partial charge in [0, 0.05) is 56.2 Å². The lowest BCUT2D eigenvalue weighted by atomic mass is 9.83. The molecule has 2 fully saturated rings. The number of rotatable bonds is 6. The summed E-state index contributed by atoms with van der Waals surface area (Å²) in [6.07, 6.45) is 8.69. The first-order valence-corrected chi connectivity index (χ1v) is 12.3. The maximum Gasteiger partial charge on any atom is 0.274 e. The summed E-state index contributed by atoms with van der Waals surface area (Å²) in [5.41, 5.74) is 3.03. The van der Waals surface area contributed by atoms with E-state index in [1.165, 1.54) is 0 Å². The second-order valence-electron chi connectivity index (χ2n) is 9.47. The summed E-state index contributed by atoms with van der Waals surface area (Å²) in [4.78, 5) is 47.1. The van der Waals surface area contributed by atoms with Crippen molar-refractivity contribution in [3.8, 4) is 0 Å². The normalized spacial score (nSPS) is 19.2. The lowest BCUT2D eigenvalue weighted by Crippen LogP contribution is -2.51. The van der Waals surface area contributed by atoms with Gasteiger partial charge < -0.3 is 15.1 Å². The van der Waals surface area contributed by atoms with Gasteiger partial charge in [0.1, 0.15) is 5.69 Å². The van der Waals surface area contributed by atoms with E-state index in [0.717, 1.165) is 55.7 Å². The number of carbonyl (C=O) groups excluding carboxylic acids is 2. The van der Waals surface area contributed by atoms with E-state index in [-0.39, 0.29) is 17.9 Å². The Kier molecular flexibility index (Phi) is 7.70. The van der Waals surface area contributed by atoms with Crippen LogP contribution in [0.4, 0.5) is 5.95 Å². The molecule has 34 heavy (non-hydrogen) atoms. The highest BCUT2D eigenvalue weighted by molar-refractivity contribution is 5.92. The Hall–Kier alpha value is -3.10. The van der Waals surface area contributed by atoms with Gasteiger partial charge in [0.05, 0.1) is 11.9 Å². The predicted octanol–water partition coefficient (Wildman–Crippen LogP) is 2.93. The third-order valence-electron chi connectivity index (χ3n) is 6.84. The number of piperidine rings is 2. The van der Waals surface area contributed by atoms with Gasteiger partial charge in [0.25, 0.3) is 5.91 Å². The number of aromatic nitrogens is 4. The van der Waals surface area contributed by atoms with E-state index in [9.17, 15) is 9.59 Å². The molecule has 1 atom stereocenters. The van der Waals surface area contributed by atoms with Crippen molar-refractivity contribution in [2.45, 2.75) is 65.3 Å². The Bertz CT molecular complexity index is 983. The van der Waals surface area contributed by atoms with E-state index in [1.807, 2.05) is 31.7 Å². The standard InChI is InChI=1S/C25H35N7O2/c1-17-14-18(2)30-25(29-17)26-10-7-23(33)32-11-5-4-6-22(32)20-8-12-31(13-9-20)24(34)21-16-27-19(3)15-28-21/h14-16,20,22H,4-13H2,1-3H3,(H,26,29,30)/t22-/m1/s1. The van der Waals surface area contributed by atoms with Gasteiger partial charge in [0.2, 0.25) is 11.9 Å². The summed E-state index contributed by atoms with van der Waals surface area (Å²) in [5, 5.41) is 3.20. The van der Waals surface area contributed by atoms with Crippen LogP contribution in [0.25, 0.3) is 0 Å². The molecule has 2 aromatic rings. The van der Waals surface area contributed by atoms with Crippen LogP contribution >= 0.6 is 0 Å². The van der Waals surface area contributed by atoms with E-state index in [1.54, 1.807) is 12.4 Å². The fraction of sp³-hybridized carbons (Fsp3) is 0.600. The Morgan fingerprint density at radius 1 is 0.941 bits per heavy atom. The van der Waals surface area contributed by atoms with Crippen molar-refractivity contribution in [2.24, 2.45) is 5.92 Å². The molecule has 2 amide bonds. The molecule has 2 aromatic heterocycles. The molecule has 182 valence electrons. The van der Waals surface area contributed by atoms with Crippen molar-refractivity contribution in [2.75, 3.05) is 31.5 Å². The molecule has 2 aliphatic rings. The summed E-state index contributed by atoms with van der Waals surface area (Å²) >= 11 is 0. The number of nitrogens with zero attached hydrogens (tertiary/aromatic N) is 6. The third kappa shape index (κ3) is 5.87. The molecule has 0 aliphatic carbocycles. The van der Waals surface area contributed by atoms with Gasteiger partial charge in [0.15, 0.2) is 0 Å². The number of amides is 2. The Labute approximate surface area is 201 Å². The average molecular weight is 466 g/mol. The van der Waals surface area contributed by atoms with Gasteiger partial charge in [-0.15, -0.1) is 0 Å². The minimum atomic E-state index is -0.0535. The van der Waals surface area contributed by atoms with Crippen LogP contribution in [0.5, 0.6) is 0 Å². The van der Waals surface area contributed by atoms with Crippen LogP contribution in [0.2, 0.25) is 0 Å². The number of hydrogen-bond acceptors (Lipinski definition) is 7. The van der Waals surface area contributed by atoms with Crippen LogP contribution in [0.15, 0.2) is 18.5 Å². The largest absolute Gasteiger partial charge is 0.354 e. The van der Waals surface area contributed by atoms with Crippen LogP contribution in [0, 0.1) is 26.7 Å². The Balaban J connectivity index is 1.30. The minimum absolute atomic E-state index is 0.0535. The number of hydrogen-bond donors (Lipinski definition) is 1. The maximum absolute atomic E-state index is 13.1. The van der Waals surface area contributed by atoms with E-state index in [2.05, 4.69) is 30.2 Å². The smallest absolute Gasteiger partial charge is 0.274 e. The van der Waals surface area contributed by atoms with E-state index in [0.29, 0.717) is 43.6 Å². The van der Waals surface area contributed by atoms with Crippen LogP contribution in [0.3, 0.4) is 0 Å². The zero-order valence-electron chi connectivity index (χ0n) is 20.5. The van der Waals surface area contributed by atoms with Gasteiger partial charge in [-0.1, -0.05) is 0 Å². The summed E-state index contributed by atoms with van der Waals surface area (Å²) in [7, 11) is 0. The van der Waals surface area contributed by atoms with Gasteiger partial charge in [-0.3, -0.25) is 14.6 Å². The summed E-state index contributed by atoms with van der Waals surface area (Å²) in [5.74, 6) is 1.14. The van der Waals surface area contributed by atoms with Crippen molar-refractivity contribution in [1.82, 2.24) is 29.7 Å². The molecule has 0 saturated carbocycles. The second-order valence-corrected chi connectivity index (χ2v) is 9.47. The van der Waals surface area contributed by atoms with Crippen LogP contribution < -0.4 is 5.32 Å². The van der Waals surface area contributed by atoms with Crippen molar-refractivity contribution < 1.29 is 9.59 Å². The molecule has 9 heteroatoms. The maximum atomic E-state index is 13.1. The fourth-order valence-corrected chi connectivity index (χ4v) is 5.14. The quantitative estimate of drug-likeness (QED) is 0.699. The molecule has 0 spiro atoms.